The number of hydrogen-bond acceptors (Lipinski definition) is 6. The van der Waals surface area contributed by atoms with Crippen LogP contribution in [0.5, 0.6) is 11.5 Å². The van der Waals surface area contributed by atoms with Crippen LogP contribution in [0.1, 0.15) is 23.1 Å². The van der Waals surface area contributed by atoms with E-state index in [1.165, 1.54) is 22.4 Å². The summed E-state index contributed by atoms with van der Waals surface area (Å²) in [7, 11) is -1.50. The monoisotopic (exact) mass is 457 g/mol. The molecule has 0 bridgehead atoms. The van der Waals surface area contributed by atoms with Gasteiger partial charge in [-0.15, -0.1) is 0 Å². The number of anilines is 1. The van der Waals surface area contributed by atoms with Crippen molar-refractivity contribution in [2.45, 2.75) is 37.1 Å². The van der Waals surface area contributed by atoms with Crippen LogP contribution in [-0.2, 0) is 22.9 Å². The molecule has 2 aliphatic heterocycles. The molecular weight excluding hydrogens is 426 g/mol. The minimum atomic E-state index is -3.66. The number of ether oxygens (including phenoxy) is 2. The predicted octanol–water partition coefficient (Wildman–Crippen LogP) is 2.35. The number of fused-ring (bicyclic) bond motifs is 2. The van der Waals surface area contributed by atoms with Crippen molar-refractivity contribution in [2.24, 2.45) is 0 Å². The molecule has 1 N–H and O–H groups in total. The summed E-state index contributed by atoms with van der Waals surface area (Å²) >= 11 is 0. The lowest BCUT2D eigenvalue weighted by molar-refractivity contribution is 0.171. The van der Waals surface area contributed by atoms with Crippen molar-refractivity contribution in [1.29, 1.82) is 0 Å². The third kappa shape index (κ3) is 4.19. The van der Waals surface area contributed by atoms with Crippen LogP contribution in [0, 0.1) is 6.92 Å². The first-order chi connectivity index (χ1) is 15.4. The van der Waals surface area contributed by atoms with Gasteiger partial charge in [0, 0.05) is 44.0 Å². The second-order valence-corrected chi connectivity index (χ2v) is 10.7. The quantitative estimate of drug-likeness (QED) is 0.760. The molecule has 2 aromatic carbocycles. The summed E-state index contributed by atoms with van der Waals surface area (Å²) in [6.45, 7) is 7.16. The van der Waals surface area contributed by atoms with E-state index in [4.69, 9.17) is 9.47 Å². The van der Waals surface area contributed by atoms with Gasteiger partial charge in [0.25, 0.3) is 0 Å². The van der Waals surface area contributed by atoms with Crippen molar-refractivity contribution in [1.82, 2.24) is 9.62 Å². The van der Waals surface area contributed by atoms with Gasteiger partial charge in [0.1, 0.15) is 13.2 Å². The smallest absolute Gasteiger partial charge is 0.240 e. The predicted molar refractivity (Wildman–Crippen MR) is 124 cm³/mol. The number of piperazine rings is 1. The van der Waals surface area contributed by atoms with Gasteiger partial charge in [0.05, 0.1) is 4.90 Å². The van der Waals surface area contributed by atoms with E-state index in [9.17, 15) is 8.42 Å². The van der Waals surface area contributed by atoms with Crippen LogP contribution in [0.25, 0.3) is 0 Å². The minimum absolute atomic E-state index is 0.131. The Morgan fingerprint density at radius 2 is 1.72 bits per heavy atom. The molecule has 0 unspecified atom stereocenters. The molecule has 1 fully saturated rings. The molecule has 0 spiro atoms. The second-order valence-electron chi connectivity index (χ2n) is 9.02. The van der Waals surface area contributed by atoms with Crippen LogP contribution < -0.4 is 19.1 Å². The standard InChI is InChI=1S/C24H31N3O4S/c1-17-3-7-22(27-11-9-26(2)10-12-27)21-15-18(4-6-20(17)21)25-32(28,29)19-5-8-23-24(16-19)31-14-13-30-23/h3,5,7-8,16,18,25H,4,6,9-15H2,1-2H3/t18-/m1/s1. The van der Waals surface area contributed by atoms with Crippen molar-refractivity contribution in [3.05, 3.63) is 47.0 Å². The third-order valence-corrected chi connectivity index (χ3v) is 8.34. The molecule has 1 aliphatic carbocycles. The molecule has 2 heterocycles. The van der Waals surface area contributed by atoms with Crippen LogP contribution in [0.4, 0.5) is 5.69 Å². The Kier molecular flexibility index (Phi) is 5.77. The Bertz CT molecular complexity index is 1110. The van der Waals surface area contributed by atoms with Gasteiger partial charge in [-0.3, -0.25) is 0 Å². The molecule has 8 heteroatoms. The van der Waals surface area contributed by atoms with Gasteiger partial charge in [-0.1, -0.05) is 6.07 Å². The van der Waals surface area contributed by atoms with Crippen molar-refractivity contribution in [3.8, 4) is 11.5 Å². The maximum absolute atomic E-state index is 13.2. The maximum atomic E-state index is 13.2. The SMILES string of the molecule is Cc1ccc(N2CCN(C)CC2)c2c1CC[C@@H](NS(=O)(=O)c1ccc3c(c1)OCCO3)C2. The lowest BCUT2D eigenvalue weighted by atomic mass is 9.84. The van der Waals surface area contributed by atoms with Gasteiger partial charge in [0.2, 0.25) is 10.0 Å². The van der Waals surface area contributed by atoms with E-state index in [0.29, 0.717) is 31.1 Å². The van der Waals surface area contributed by atoms with Gasteiger partial charge in [-0.2, -0.15) is 0 Å². The highest BCUT2D eigenvalue weighted by atomic mass is 32.2. The highest BCUT2D eigenvalue weighted by Gasteiger charge is 2.29. The molecule has 5 rings (SSSR count). The van der Waals surface area contributed by atoms with E-state index in [0.717, 1.165) is 39.0 Å². The average molecular weight is 458 g/mol. The first-order valence-corrected chi connectivity index (χ1v) is 12.9. The van der Waals surface area contributed by atoms with E-state index in [1.807, 2.05) is 0 Å². The minimum Gasteiger partial charge on any atom is -0.486 e. The third-order valence-electron chi connectivity index (χ3n) is 6.82. The molecule has 0 saturated carbocycles. The number of benzene rings is 2. The zero-order valence-electron chi connectivity index (χ0n) is 18.8. The van der Waals surface area contributed by atoms with Crippen molar-refractivity contribution in [2.75, 3.05) is 51.3 Å². The first kappa shape index (κ1) is 21.6. The number of aryl methyl sites for hydroxylation is 1. The van der Waals surface area contributed by atoms with Gasteiger partial charge in [0.15, 0.2) is 11.5 Å². The normalized spacial score (nSPS) is 21.3. The van der Waals surface area contributed by atoms with Crippen molar-refractivity contribution >= 4 is 15.7 Å². The molecule has 0 aromatic heterocycles. The highest BCUT2D eigenvalue weighted by molar-refractivity contribution is 7.89. The Balaban J connectivity index is 1.37. The van der Waals surface area contributed by atoms with Crippen LogP contribution in [0.2, 0.25) is 0 Å². The molecule has 2 aromatic rings. The summed E-state index contributed by atoms with van der Waals surface area (Å²) in [6.07, 6.45) is 2.39. The molecule has 7 nitrogen and oxygen atoms in total. The van der Waals surface area contributed by atoms with Crippen LogP contribution in [0.3, 0.4) is 0 Å². The molecule has 3 aliphatic rings. The topological polar surface area (TPSA) is 71.1 Å². The van der Waals surface area contributed by atoms with E-state index in [2.05, 4.69) is 40.6 Å². The number of rotatable bonds is 4. The highest BCUT2D eigenvalue weighted by Crippen LogP contribution is 2.35. The maximum Gasteiger partial charge on any atom is 0.240 e. The zero-order valence-corrected chi connectivity index (χ0v) is 19.6. The first-order valence-electron chi connectivity index (χ1n) is 11.4. The van der Waals surface area contributed by atoms with Gasteiger partial charge in [-0.25, -0.2) is 13.1 Å². The van der Waals surface area contributed by atoms with E-state index in [-0.39, 0.29) is 10.9 Å². The van der Waals surface area contributed by atoms with Gasteiger partial charge in [-0.05, 0) is 68.1 Å². The molecule has 0 amide bonds. The fourth-order valence-corrected chi connectivity index (χ4v) is 6.25. The zero-order chi connectivity index (χ0) is 22.3. The fourth-order valence-electron chi connectivity index (χ4n) is 4.96. The Morgan fingerprint density at radius 1 is 0.969 bits per heavy atom. The molecule has 1 saturated heterocycles. The Labute approximate surface area is 190 Å². The van der Waals surface area contributed by atoms with Crippen LogP contribution in [0.15, 0.2) is 35.2 Å². The van der Waals surface area contributed by atoms with Crippen LogP contribution >= 0.6 is 0 Å². The van der Waals surface area contributed by atoms with Gasteiger partial charge >= 0.3 is 0 Å². The summed E-state index contributed by atoms with van der Waals surface area (Å²) in [5, 5.41) is 0. The molecule has 32 heavy (non-hydrogen) atoms. The van der Waals surface area contributed by atoms with Crippen LogP contribution in [-0.4, -0.2) is 65.8 Å². The van der Waals surface area contributed by atoms with Crippen molar-refractivity contribution < 1.29 is 17.9 Å². The molecular formula is C24H31N3O4S. The van der Waals surface area contributed by atoms with E-state index < -0.39 is 10.0 Å². The molecule has 1 atom stereocenters. The number of nitrogens with zero attached hydrogens (tertiary/aromatic N) is 2. The molecule has 172 valence electrons. The Morgan fingerprint density at radius 3 is 2.50 bits per heavy atom. The van der Waals surface area contributed by atoms with E-state index >= 15 is 0 Å². The lowest BCUT2D eigenvalue weighted by Crippen LogP contribution is -2.45. The number of nitrogens with one attached hydrogen (secondary N) is 1. The lowest BCUT2D eigenvalue weighted by Gasteiger charge is -2.37. The summed E-state index contributed by atoms with van der Waals surface area (Å²) in [6, 6.07) is 9.13. The number of sulfonamides is 1. The van der Waals surface area contributed by atoms with Crippen molar-refractivity contribution in [3.63, 3.8) is 0 Å². The largest absolute Gasteiger partial charge is 0.486 e. The number of likely N-dealkylation sites (N-methyl/N-ethyl adjacent to an activating group) is 1. The fraction of sp³-hybridized carbons (Fsp3) is 0.500. The Hall–Kier alpha value is -2.29. The summed E-state index contributed by atoms with van der Waals surface area (Å²) in [4.78, 5) is 5.02. The summed E-state index contributed by atoms with van der Waals surface area (Å²) in [5.41, 5.74) is 5.25. The second kappa shape index (κ2) is 8.57. The summed E-state index contributed by atoms with van der Waals surface area (Å²) < 4.78 is 40.4. The van der Waals surface area contributed by atoms with E-state index in [1.54, 1.807) is 18.2 Å². The van der Waals surface area contributed by atoms with Gasteiger partial charge < -0.3 is 19.3 Å². The number of hydrogen-bond donors (Lipinski definition) is 1. The molecule has 0 radical (unpaired) electrons. The average Bonchev–Trinajstić information content (AvgIpc) is 2.79. The summed E-state index contributed by atoms with van der Waals surface area (Å²) in [5.74, 6) is 1.08.